The maximum Gasteiger partial charge on any atom is 0.0507 e. The van der Waals surface area contributed by atoms with Crippen LogP contribution in [0, 0.1) is 0 Å². The van der Waals surface area contributed by atoms with Gasteiger partial charge in [-0.25, -0.2) is 4.21 Å². The van der Waals surface area contributed by atoms with Crippen molar-refractivity contribution in [1.29, 1.82) is 0 Å². The third kappa shape index (κ3) is 2.86. The minimum Gasteiger partial charge on any atom is -0.256 e. The van der Waals surface area contributed by atoms with Crippen molar-refractivity contribution in [2.45, 2.75) is 24.7 Å². The molecular formula is C10H15NOS. The van der Waals surface area contributed by atoms with E-state index < -0.39 is 9.71 Å². The Balaban J connectivity index is 2.94. The van der Waals surface area contributed by atoms with Crippen molar-refractivity contribution < 1.29 is 4.21 Å². The van der Waals surface area contributed by atoms with E-state index in [0.29, 0.717) is 4.90 Å². The van der Waals surface area contributed by atoms with Crippen LogP contribution < -0.4 is 5.14 Å². The highest BCUT2D eigenvalue weighted by Gasteiger charge is 2.00. The van der Waals surface area contributed by atoms with Gasteiger partial charge in [0, 0.05) is 4.90 Å². The maximum atomic E-state index is 11.3. The van der Waals surface area contributed by atoms with Gasteiger partial charge in [0.25, 0.3) is 0 Å². The molecule has 0 radical (unpaired) electrons. The SMILES string of the molecule is C=S(N)(=O)c1ccc(CCC)cc1. The van der Waals surface area contributed by atoms with Gasteiger partial charge in [-0.1, -0.05) is 25.5 Å². The molecule has 0 aromatic heterocycles. The largest absolute Gasteiger partial charge is 0.256 e. The smallest absolute Gasteiger partial charge is 0.0507 e. The first-order valence-electron chi connectivity index (χ1n) is 4.28. The molecule has 0 spiro atoms. The highest BCUT2D eigenvalue weighted by atomic mass is 32.2. The van der Waals surface area contributed by atoms with Crippen LogP contribution in [0.5, 0.6) is 0 Å². The Morgan fingerprint density at radius 1 is 1.38 bits per heavy atom. The van der Waals surface area contributed by atoms with Gasteiger partial charge >= 0.3 is 0 Å². The van der Waals surface area contributed by atoms with E-state index in [1.165, 1.54) is 5.56 Å². The Morgan fingerprint density at radius 2 is 1.92 bits per heavy atom. The van der Waals surface area contributed by atoms with Crippen LogP contribution in [-0.2, 0) is 16.1 Å². The van der Waals surface area contributed by atoms with E-state index in [9.17, 15) is 4.21 Å². The van der Waals surface area contributed by atoms with Gasteiger partial charge in [-0.3, -0.25) is 5.14 Å². The lowest BCUT2D eigenvalue weighted by atomic mass is 10.1. The molecule has 0 bridgehead atoms. The summed E-state index contributed by atoms with van der Waals surface area (Å²) in [5.74, 6) is 3.42. The second kappa shape index (κ2) is 3.94. The zero-order valence-electron chi connectivity index (χ0n) is 7.82. The summed E-state index contributed by atoms with van der Waals surface area (Å²) in [5.41, 5.74) is 1.25. The summed E-state index contributed by atoms with van der Waals surface area (Å²) in [6, 6.07) is 7.49. The average molecular weight is 197 g/mol. The molecule has 0 amide bonds. The first-order chi connectivity index (χ1) is 6.04. The van der Waals surface area contributed by atoms with Crippen LogP contribution in [-0.4, -0.2) is 10.1 Å². The summed E-state index contributed by atoms with van der Waals surface area (Å²) >= 11 is 0. The molecule has 72 valence electrons. The Kier molecular flexibility index (Phi) is 3.12. The Hall–Kier alpha value is -0.800. The van der Waals surface area contributed by atoms with Crippen LogP contribution in [0.15, 0.2) is 29.2 Å². The van der Waals surface area contributed by atoms with Crippen molar-refractivity contribution in [1.82, 2.24) is 0 Å². The van der Waals surface area contributed by atoms with Gasteiger partial charge in [0.1, 0.15) is 0 Å². The van der Waals surface area contributed by atoms with E-state index in [1.807, 2.05) is 12.1 Å². The fourth-order valence-electron chi connectivity index (χ4n) is 1.18. The standard InChI is InChI=1S/C10H15NOS/c1-3-4-9-5-7-10(8-6-9)13(2,11)12/h5-8H,2-4H2,1H3,(H2,11,12). The third-order valence-corrected chi connectivity index (χ3v) is 2.93. The molecule has 0 aliphatic heterocycles. The number of nitrogens with two attached hydrogens (primary N) is 1. The highest BCUT2D eigenvalue weighted by molar-refractivity contribution is 7.98. The predicted molar refractivity (Wildman–Crippen MR) is 58.2 cm³/mol. The number of rotatable bonds is 3. The molecule has 1 atom stereocenters. The molecule has 0 heterocycles. The summed E-state index contributed by atoms with van der Waals surface area (Å²) in [6.45, 7) is 2.13. The van der Waals surface area contributed by atoms with E-state index in [0.717, 1.165) is 12.8 Å². The lowest BCUT2D eigenvalue weighted by Gasteiger charge is -2.03. The monoisotopic (exact) mass is 197 g/mol. The number of hydrogen-bond acceptors (Lipinski definition) is 1. The van der Waals surface area contributed by atoms with Gasteiger partial charge in [-0.15, -0.1) is 0 Å². The van der Waals surface area contributed by atoms with Crippen molar-refractivity contribution in [2.75, 3.05) is 0 Å². The van der Waals surface area contributed by atoms with Gasteiger partial charge in [0.2, 0.25) is 0 Å². The number of hydrogen-bond donors (Lipinski definition) is 1. The van der Waals surface area contributed by atoms with Gasteiger partial charge in [0.05, 0.1) is 9.71 Å². The molecule has 3 heteroatoms. The summed E-state index contributed by atoms with van der Waals surface area (Å²) in [4.78, 5) is 0.618. The van der Waals surface area contributed by atoms with Crippen LogP contribution >= 0.6 is 0 Å². The van der Waals surface area contributed by atoms with Crippen LogP contribution in [0.4, 0.5) is 0 Å². The van der Waals surface area contributed by atoms with Gasteiger partial charge in [-0.05, 0) is 30.0 Å². The first-order valence-corrected chi connectivity index (χ1v) is 6.07. The van der Waals surface area contributed by atoms with Crippen LogP contribution in [0.2, 0.25) is 0 Å². The maximum absolute atomic E-state index is 11.3. The molecule has 13 heavy (non-hydrogen) atoms. The fraction of sp³-hybridized carbons (Fsp3) is 0.300. The molecule has 0 saturated heterocycles. The Labute approximate surface area is 79.9 Å². The van der Waals surface area contributed by atoms with E-state index >= 15 is 0 Å². The van der Waals surface area contributed by atoms with Crippen molar-refractivity contribution in [3.05, 3.63) is 29.8 Å². The highest BCUT2D eigenvalue weighted by Crippen LogP contribution is 2.09. The summed E-state index contributed by atoms with van der Waals surface area (Å²) in [7, 11) is -2.53. The zero-order valence-corrected chi connectivity index (χ0v) is 8.64. The van der Waals surface area contributed by atoms with Crippen LogP contribution in [0.3, 0.4) is 0 Å². The van der Waals surface area contributed by atoms with E-state index in [2.05, 4.69) is 12.8 Å². The normalized spacial score (nSPS) is 15.2. The van der Waals surface area contributed by atoms with Gasteiger partial charge in [0.15, 0.2) is 0 Å². The second-order valence-corrected chi connectivity index (χ2v) is 5.04. The van der Waals surface area contributed by atoms with Crippen molar-refractivity contribution in [3.63, 3.8) is 0 Å². The molecule has 1 aromatic rings. The molecule has 0 aliphatic carbocycles. The van der Waals surface area contributed by atoms with E-state index in [1.54, 1.807) is 12.1 Å². The lowest BCUT2D eigenvalue weighted by molar-refractivity contribution is 0.682. The molecule has 2 nitrogen and oxygen atoms in total. The lowest BCUT2D eigenvalue weighted by Crippen LogP contribution is -2.11. The fourth-order valence-corrected chi connectivity index (χ4v) is 1.77. The minimum absolute atomic E-state index is 0.618. The topological polar surface area (TPSA) is 43.1 Å². The molecule has 0 fully saturated rings. The molecule has 0 saturated carbocycles. The Morgan fingerprint density at radius 3 is 2.31 bits per heavy atom. The minimum atomic E-state index is -2.53. The van der Waals surface area contributed by atoms with E-state index in [4.69, 9.17) is 5.14 Å². The van der Waals surface area contributed by atoms with Gasteiger partial charge < -0.3 is 0 Å². The summed E-state index contributed by atoms with van der Waals surface area (Å²) < 4.78 is 11.3. The van der Waals surface area contributed by atoms with Crippen molar-refractivity contribution in [2.24, 2.45) is 5.14 Å². The molecule has 1 rings (SSSR count). The second-order valence-electron chi connectivity index (χ2n) is 3.12. The predicted octanol–water partition coefficient (Wildman–Crippen LogP) is 1.59. The van der Waals surface area contributed by atoms with Crippen molar-refractivity contribution >= 4 is 15.6 Å². The summed E-state index contributed by atoms with van der Waals surface area (Å²) in [6.07, 6.45) is 2.16. The first kappa shape index (κ1) is 10.3. The zero-order chi connectivity index (χ0) is 9.90. The quantitative estimate of drug-likeness (QED) is 0.735. The molecule has 1 aromatic carbocycles. The van der Waals surface area contributed by atoms with E-state index in [-0.39, 0.29) is 0 Å². The molecular weight excluding hydrogens is 182 g/mol. The van der Waals surface area contributed by atoms with Crippen LogP contribution in [0.1, 0.15) is 18.9 Å². The molecule has 2 N–H and O–H groups in total. The number of aryl methyl sites for hydroxylation is 1. The third-order valence-electron chi connectivity index (χ3n) is 1.86. The molecule has 1 unspecified atom stereocenters. The molecule has 0 aliphatic rings. The number of benzene rings is 1. The Bertz CT molecular complexity index is 364. The average Bonchev–Trinajstić information content (AvgIpc) is 2.04. The van der Waals surface area contributed by atoms with Crippen molar-refractivity contribution in [3.8, 4) is 0 Å². The summed E-state index contributed by atoms with van der Waals surface area (Å²) in [5, 5.41) is 5.40. The van der Waals surface area contributed by atoms with Gasteiger partial charge in [-0.2, -0.15) is 0 Å². The van der Waals surface area contributed by atoms with Crippen LogP contribution in [0.25, 0.3) is 0 Å².